The average molecular weight is 414 g/mol. The van der Waals surface area contributed by atoms with E-state index in [9.17, 15) is 10.0 Å². The normalized spacial score (nSPS) is 13.3. The number of hydrogen-bond donors (Lipinski definition) is 2. The molecular formula is C22H24ClN3O3. The number of halogens is 1. The van der Waals surface area contributed by atoms with E-state index in [1.807, 2.05) is 36.4 Å². The maximum Gasteiger partial charge on any atom is 0.407 e. The number of rotatable bonds is 5. The number of ether oxygens (including phenoxy) is 1. The summed E-state index contributed by atoms with van der Waals surface area (Å²) in [4.78, 5) is 15.3. The lowest BCUT2D eigenvalue weighted by Gasteiger charge is -2.21. The molecule has 1 aromatic heterocycles. The van der Waals surface area contributed by atoms with Crippen LogP contribution in [0.15, 0.2) is 54.7 Å². The molecule has 0 spiro atoms. The number of benzene rings is 2. The van der Waals surface area contributed by atoms with E-state index in [1.165, 1.54) is 6.21 Å². The van der Waals surface area contributed by atoms with Crippen LogP contribution in [0.1, 0.15) is 37.9 Å². The lowest BCUT2D eigenvalue weighted by Crippen LogP contribution is -2.36. The summed E-state index contributed by atoms with van der Waals surface area (Å²) in [6, 6.07) is 14.1. The number of alkyl carbamates (subject to hydrolysis) is 1. The molecule has 0 radical (unpaired) electrons. The van der Waals surface area contributed by atoms with E-state index in [0.717, 1.165) is 26.8 Å². The minimum atomic E-state index is -0.671. The van der Waals surface area contributed by atoms with E-state index in [-0.39, 0.29) is 6.54 Å². The first-order valence-corrected chi connectivity index (χ1v) is 9.69. The van der Waals surface area contributed by atoms with Gasteiger partial charge in [-0.1, -0.05) is 29.8 Å². The number of carbonyl (C=O) groups excluding carboxylic acids is 1. The summed E-state index contributed by atoms with van der Waals surface area (Å²) in [5.41, 5.74) is 1.74. The third-order valence-corrected chi connectivity index (χ3v) is 4.49. The Bertz CT molecular complexity index is 1020. The van der Waals surface area contributed by atoms with Crippen LogP contribution in [0.2, 0.25) is 5.02 Å². The third kappa shape index (κ3) is 5.51. The molecular weight excluding hydrogens is 390 g/mol. The second-order valence-corrected chi connectivity index (χ2v) is 8.17. The maximum atomic E-state index is 13.1. The monoisotopic (exact) mass is 413 g/mol. The summed E-state index contributed by atoms with van der Waals surface area (Å²) in [5.74, 6) is 0. The molecule has 0 saturated carbocycles. The van der Waals surface area contributed by atoms with Gasteiger partial charge in [0.05, 0.1) is 6.54 Å². The average Bonchev–Trinajstić information content (AvgIpc) is 3.04. The number of hydroxylamine groups is 1. The van der Waals surface area contributed by atoms with Crippen molar-refractivity contribution in [3.8, 4) is 0 Å². The van der Waals surface area contributed by atoms with Gasteiger partial charge in [0.15, 0.2) is 6.21 Å². The highest BCUT2D eigenvalue weighted by atomic mass is 35.5. The van der Waals surface area contributed by atoms with Crippen LogP contribution in [-0.2, 0) is 4.74 Å². The summed E-state index contributed by atoms with van der Waals surface area (Å²) >= 11 is 6.16. The summed E-state index contributed by atoms with van der Waals surface area (Å²) in [6.45, 7) is 5.43. The second kappa shape index (κ2) is 8.57. The van der Waals surface area contributed by atoms with Crippen LogP contribution in [0.3, 0.4) is 0 Å². The molecule has 152 valence electrons. The number of nitrogens with zero attached hydrogens (tertiary/aromatic N) is 1. The van der Waals surface area contributed by atoms with Crippen molar-refractivity contribution >= 4 is 34.8 Å². The number of amides is 1. The molecule has 3 aromatic rings. The molecule has 29 heavy (non-hydrogen) atoms. The van der Waals surface area contributed by atoms with Gasteiger partial charge >= 0.3 is 6.09 Å². The number of aromatic amines is 1. The van der Waals surface area contributed by atoms with Gasteiger partial charge in [-0.05, 0) is 51.1 Å². The Labute approximate surface area is 174 Å². The van der Waals surface area contributed by atoms with E-state index in [0.29, 0.717) is 5.02 Å². The van der Waals surface area contributed by atoms with Gasteiger partial charge in [0.1, 0.15) is 5.60 Å². The molecule has 7 heteroatoms. The number of carbonyl (C=O) groups is 1. The number of nitrogens with one attached hydrogen (secondary N) is 2. The van der Waals surface area contributed by atoms with Gasteiger partial charge in [-0.3, -0.25) is 0 Å². The van der Waals surface area contributed by atoms with Crippen LogP contribution < -0.4 is 5.32 Å². The number of H-pyrrole nitrogens is 1. The van der Waals surface area contributed by atoms with Crippen LogP contribution in [0.4, 0.5) is 4.79 Å². The molecule has 3 rings (SSSR count). The highest BCUT2D eigenvalue weighted by Gasteiger charge is 2.25. The van der Waals surface area contributed by atoms with E-state index in [1.54, 1.807) is 39.1 Å². The predicted molar refractivity (Wildman–Crippen MR) is 116 cm³/mol. The van der Waals surface area contributed by atoms with Crippen molar-refractivity contribution < 1.29 is 14.3 Å². The van der Waals surface area contributed by atoms with E-state index in [4.69, 9.17) is 16.3 Å². The topological polar surface area (TPSA) is 80.2 Å². The number of hydrogen-bond acceptors (Lipinski definition) is 3. The quantitative estimate of drug-likeness (QED) is 0.267. The summed E-state index contributed by atoms with van der Waals surface area (Å²) < 4.78 is 6.14. The molecule has 1 heterocycles. The molecule has 2 N–H and O–H groups in total. The first kappa shape index (κ1) is 20.7. The maximum absolute atomic E-state index is 13.1. The third-order valence-electron chi connectivity index (χ3n) is 4.26. The van der Waals surface area contributed by atoms with Crippen molar-refractivity contribution in [3.05, 3.63) is 76.1 Å². The Morgan fingerprint density at radius 2 is 2.00 bits per heavy atom. The zero-order valence-electron chi connectivity index (χ0n) is 16.6. The Hall–Kier alpha value is -2.99. The number of fused-ring (bicyclic) bond motifs is 1. The lowest BCUT2D eigenvalue weighted by molar-refractivity contribution is -0.500. The summed E-state index contributed by atoms with van der Waals surface area (Å²) in [7, 11) is 0. The standard InChI is InChI=1S/C22H24ClN3O3/c1-22(2,3)29-21(27)25-13-20(26(28)14-15-7-5-4-6-8-15)18-12-24-19-10-9-16(23)11-17(18)19/h4-12,14,20,24H,13H2,1-3H3,(H,25,27)/b26-14+. The van der Waals surface area contributed by atoms with Crippen LogP contribution in [-0.4, -0.2) is 34.2 Å². The fourth-order valence-electron chi connectivity index (χ4n) is 3.00. The molecule has 2 aromatic carbocycles. The fraction of sp³-hybridized carbons (Fsp3) is 0.273. The Morgan fingerprint density at radius 3 is 2.69 bits per heavy atom. The Morgan fingerprint density at radius 1 is 1.28 bits per heavy atom. The highest BCUT2D eigenvalue weighted by molar-refractivity contribution is 6.31. The first-order valence-electron chi connectivity index (χ1n) is 9.32. The molecule has 1 amide bonds. The fourth-order valence-corrected chi connectivity index (χ4v) is 3.17. The van der Waals surface area contributed by atoms with Gasteiger partial charge in [-0.15, -0.1) is 0 Å². The lowest BCUT2D eigenvalue weighted by atomic mass is 10.1. The predicted octanol–water partition coefficient (Wildman–Crippen LogP) is 5.02. The molecule has 0 aliphatic carbocycles. The smallest absolute Gasteiger partial charge is 0.407 e. The molecule has 0 saturated heterocycles. The minimum Gasteiger partial charge on any atom is -0.623 e. The van der Waals surface area contributed by atoms with Crippen molar-refractivity contribution in [2.75, 3.05) is 6.54 Å². The van der Waals surface area contributed by atoms with Crippen LogP contribution in [0, 0.1) is 5.21 Å². The van der Waals surface area contributed by atoms with Gasteiger partial charge in [0.25, 0.3) is 0 Å². The molecule has 0 aliphatic rings. The van der Waals surface area contributed by atoms with Crippen molar-refractivity contribution in [1.29, 1.82) is 0 Å². The van der Waals surface area contributed by atoms with Gasteiger partial charge in [-0.2, -0.15) is 0 Å². The first-order chi connectivity index (χ1) is 13.7. The van der Waals surface area contributed by atoms with Crippen molar-refractivity contribution in [1.82, 2.24) is 10.3 Å². The van der Waals surface area contributed by atoms with E-state index < -0.39 is 17.7 Å². The minimum absolute atomic E-state index is 0.0706. The van der Waals surface area contributed by atoms with E-state index >= 15 is 0 Å². The zero-order valence-corrected chi connectivity index (χ0v) is 17.4. The van der Waals surface area contributed by atoms with Gasteiger partial charge in [-0.25, -0.2) is 9.53 Å². The largest absolute Gasteiger partial charge is 0.623 e. The van der Waals surface area contributed by atoms with Gasteiger partial charge in [0.2, 0.25) is 6.04 Å². The van der Waals surface area contributed by atoms with Crippen LogP contribution in [0.5, 0.6) is 0 Å². The zero-order chi connectivity index (χ0) is 21.0. The molecule has 6 nitrogen and oxygen atoms in total. The van der Waals surface area contributed by atoms with Crippen LogP contribution >= 0.6 is 11.6 Å². The summed E-state index contributed by atoms with van der Waals surface area (Å²) in [5, 5.41) is 17.2. The molecule has 1 unspecified atom stereocenters. The van der Waals surface area contributed by atoms with E-state index in [2.05, 4.69) is 10.3 Å². The van der Waals surface area contributed by atoms with Gasteiger partial charge in [0, 0.05) is 33.2 Å². The Balaban J connectivity index is 1.93. The molecule has 0 aliphatic heterocycles. The molecule has 0 bridgehead atoms. The SMILES string of the molecule is CC(C)(C)OC(=O)NCC(c1c[nH]c2ccc(Cl)cc12)/[N+]([O-])=C\c1ccccc1. The van der Waals surface area contributed by atoms with Crippen LogP contribution in [0.25, 0.3) is 10.9 Å². The molecule has 0 fully saturated rings. The van der Waals surface area contributed by atoms with Crippen molar-refractivity contribution in [2.24, 2.45) is 0 Å². The molecule has 1 atom stereocenters. The van der Waals surface area contributed by atoms with Crippen molar-refractivity contribution in [3.63, 3.8) is 0 Å². The number of aromatic nitrogens is 1. The Kier molecular flexibility index (Phi) is 6.13. The highest BCUT2D eigenvalue weighted by Crippen LogP contribution is 2.28. The summed E-state index contributed by atoms with van der Waals surface area (Å²) in [6.07, 6.45) is 2.70. The second-order valence-electron chi connectivity index (χ2n) is 7.73. The van der Waals surface area contributed by atoms with Crippen molar-refractivity contribution in [2.45, 2.75) is 32.4 Å². The van der Waals surface area contributed by atoms with Gasteiger partial charge < -0.3 is 20.2 Å².